The lowest BCUT2D eigenvalue weighted by atomic mass is 9.89. The maximum atomic E-state index is 8.13. The topological polar surface area (TPSA) is 48.8 Å². The molecule has 1 unspecified atom stereocenters. The molecule has 0 radical (unpaired) electrons. The van der Waals surface area contributed by atoms with Gasteiger partial charge < -0.3 is 0 Å². The van der Waals surface area contributed by atoms with Crippen molar-refractivity contribution in [1.29, 1.82) is 0 Å². The largest absolute Gasteiger partial charge is 0.126 e. The Bertz CT molecular complexity index is 144. The molecular weight excluding hydrogens is 150 g/mol. The van der Waals surface area contributed by atoms with E-state index in [0.717, 1.165) is 0 Å². The van der Waals surface area contributed by atoms with Crippen LogP contribution >= 0.6 is 11.6 Å². The summed E-state index contributed by atoms with van der Waals surface area (Å²) in [6.45, 7) is 5.98. The number of hydrogen-bond acceptors (Lipinski definition) is 1. The van der Waals surface area contributed by atoms with Crippen LogP contribution in [0, 0.1) is 5.41 Å². The van der Waals surface area contributed by atoms with Gasteiger partial charge in [0.1, 0.15) is 0 Å². The van der Waals surface area contributed by atoms with Gasteiger partial charge in [-0.05, 0) is 10.9 Å². The maximum Gasteiger partial charge on any atom is 0.0557 e. The zero-order valence-corrected chi connectivity index (χ0v) is 7.26. The van der Waals surface area contributed by atoms with Gasteiger partial charge in [-0.15, -0.1) is 11.6 Å². The molecule has 0 N–H and O–H groups in total. The Morgan fingerprint density at radius 2 is 2.10 bits per heavy atom. The summed E-state index contributed by atoms with van der Waals surface area (Å²) >= 11 is 5.57. The zero-order valence-electron chi connectivity index (χ0n) is 6.50. The van der Waals surface area contributed by atoms with Crippen LogP contribution in [0.2, 0.25) is 0 Å². The Balaban J connectivity index is 4.20. The van der Waals surface area contributed by atoms with Crippen molar-refractivity contribution in [3.05, 3.63) is 10.4 Å². The average Bonchev–Trinajstić information content (AvgIpc) is 1.80. The van der Waals surface area contributed by atoms with E-state index in [1.165, 1.54) is 0 Å². The SMILES string of the molecule is CC(C)(C)C(CCl)N=[N+]=[N-]. The molecule has 4 heteroatoms. The number of nitrogens with zero attached hydrogens (tertiary/aromatic N) is 3. The van der Waals surface area contributed by atoms with Gasteiger partial charge in [-0.25, -0.2) is 0 Å². The van der Waals surface area contributed by atoms with Gasteiger partial charge >= 0.3 is 0 Å². The summed E-state index contributed by atoms with van der Waals surface area (Å²) in [6.07, 6.45) is 0. The molecule has 1 atom stereocenters. The molecule has 3 nitrogen and oxygen atoms in total. The molecule has 0 amide bonds. The van der Waals surface area contributed by atoms with E-state index in [1.54, 1.807) is 0 Å². The number of hydrogen-bond donors (Lipinski definition) is 0. The number of azide groups is 1. The highest BCUT2D eigenvalue weighted by Gasteiger charge is 2.21. The minimum absolute atomic E-state index is 0.0337. The third-order valence-electron chi connectivity index (χ3n) is 1.34. The van der Waals surface area contributed by atoms with Crippen molar-refractivity contribution >= 4 is 11.6 Å². The van der Waals surface area contributed by atoms with Crippen LogP contribution in [-0.4, -0.2) is 11.9 Å². The first-order valence-electron chi connectivity index (χ1n) is 3.12. The smallest absolute Gasteiger partial charge is 0.0557 e. The quantitative estimate of drug-likeness (QED) is 0.259. The molecule has 0 fully saturated rings. The Hall–Kier alpha value is -0.400. The van der Waals surface area contributed by atoms with E-state index >= 15 is 0 Å². The lowest BCUT2D eigenvalue weighted by Crippen LogP contribution is -2.25. The summed E-state index contributed by atoms with van der Waals surface area (Å²) in [6, 6.07) is -0.112. The summed E-state index contributed by atoms with van der Waals surface area (Å²) in [5.41, 5.74) is 8.10. The Morgan fingerprint density at radius 3 is 2.20 bits per heavy atom. The monoisotopic (exact) mass is 161 g/mol. The maximum absolute atomic E-state index is 8.13. The van der Waals surface area contributed by atoms with Crippen molar-refractivity contribution in [3.63, 3.8) is 0 Å². The first-order chi connectivity index (χ1) is 4.52. The van der Waals surface area contributed by atoms with Gasteiger partial charge in [-0.2, -0.15) is 0 Å². The molecule has 0 rings (SSSR count). The molecule has 0 aliphatic carbocycles. The van der Waals surface area contributed by atoms with Crippen molar-refractivity contribution < 1.29 is 0 Å². The van der Waals surface area contributed by atoms with E-state index < -0.39 is 0 Å². The lowest BCUT2D eigenvalue weighted by molar-refractivity contribution is 0.342. The van der Waals surface area contributed by atoms with Crippen LogP contribution in [0.3, 0.4) is 0 Å². The second-order valence-corrected chi connectivity index (χ2v) is 3.55. The van der Waals surface area contributed by atoms with Gasteiger partial charge in [0.15, 0.2) is 0 Å². The molecule has 0 heterocycles. The van der Waals surface area contributed by atoms with Crippen LogP contribution in [0.25, 0.3) is 10.4 Å². The highest BCUT2D eigenvalue weighted by Crippen LogP contribution is 2.23. The first-order valence-corrected chi connectivity index (χ1v) is 3.66. The van der Waals surface area contributed by atoms with Crippen molar-refractivity contribution in [2.24, 2.45) is 10.5 Å². The van der Waals surface area contributed by atoms with Crippen LogP contribution < -0.4 is 0 Å². The van der Waals surface area contributed by atoms with E-state index in [2.05, 4.69) is 10.0 Å². The molecule has 0 aliphatic heterocycles. The highest BCUT2D eigenvalue weighted by molar-refractivity contribution is 6.18. The highest BCUT2D eigenvalue weighted by atomic mass is 35.5. The van der Waals surface area contributed by atoms with Crippen LogP contribution in [-0.2, 0) is 0 Å². The summed E-state index contributed by atoms with van der Waals surface area (Å²) < 4.78 is 0. The van der Waals surface area contributed by atoms with E-state index in [0.29, 0.717) is 5.88 Å². The first kappa shape index (κ1) is 9.60. The molecule has 0 bridgehead atoms. The molecule has 0 spiro atoms. The molecule has 10 heavy (non-hydrogen) atoms. The molecule has 0 aromatic rings. The Labute approximate surface area is 66.0 Å². The second kappa shape index (κ2) is 3.69. The number of alkyl halides is 1. The molecule has 0 aromatic carbocycles. The van der Waals surface area contributed by atoms with E-state index in [9.17, 15) is 0 Å². The third kappa shape index (κ3) is 2.95. The molecule has 0 aliphatic rings. The third-order valence-corrected chi connectivity index (χ3v) is 1.63. The predicted molar refractivity (Wildman–Crippen MR) is 43.1 cm³/mol. The van der Waals surface area contributed by atoms with Crippen LogP contribution in [0.1, 0.15) is 20.8 Å². The number of rotatable bonds is 2. The van der Waals surface area contributed by atoms with E-state index in [-0.39, 0.29) is 11.5 Å². The fourth-order valence-electron chi connectivity index (χ4n) is 0.498. The Morgan fingerprint density at radius 1 is 1.60 bits per heavy atom. The predicted octanol–water partition coefficient (Wildman–Crippen LogP) is 2.95. The summed E-state index contributed by atoms with van der Waals surface area (Å²) in [5.74, 6) is 0.383. The van der Waals surface area contributed by atoms with Crippen molar-refractivity contribution in [3.8, 4) is 0 Å². The summed E-state index contributed by atoms with van der Waals surface area (Å²) in [4.78, 5) is 2.71. The van der Waals surface area contributed by atoms with Gasteiger partial charge in [0.2, 0.25) is 0 Å². The lowest BCUT2D eigenvalue weighted by Gasteiger charge is -2.23. The molecule has 0 aromatic heterocycles. The van der Waals surface area contributed by atoms with Crippen LogP contribution in [0.5, 0.6) is 0 Å². The average molecular weight is 162 g/mol. The van der Waals surface area contributed by atoms with E-state index in [4.69, 9.17) is 17.1 Å². The molecule has 58 valence electrons. The fraction of sp³-hybridized carbons (Fsp3) is 1.00. The minimum Gasteiger partial charge on any atom is -0.126 e. The summed E-state index contributed by atoms with van der Waals surface area (Å²) in [7, 11) is 0. The van der Waals surface area contributed by atoms with Gasteiger partial charge in [0.05, 0.1) is 6.04 Å². The minimum atomic E-state index is -0.112. The normalized spacial score (nSPS) is 14.0. The van der Waals surface area contributed by atoms with Gasteiger partial charge in [-0.3, -0.25) is 0 Å². The fourth-order valence-corrected chi connectivity index (χ4v) is 1.02. The van der Waals surface area contributed by atoms with E-state index in [1.807, 2.05) is 20.8 Å². The van der Waals surface area contributed by atoms with Crippen molar-refractivity contribution in [2.45, 2.75) is 26.8 Å². The number of halogens is 1. The molecular formula is C6H12ClN3. The second-order valence-electron chi connectivity index (χ2n) is 3.24. The van der Waals surface area contributed by atoms with Crippen LogP contribution in [0.15, 0.2) is 5.11 Å². The standard InChI is InChI=1S/C6H12ClN3/c1-6(2,3)5(4-7)9-10-8/h5H,4H2,1-3H3. The van der Waals surface area contributed by atoms with Crippen molar-refractivity contribution in [2.75, 3.05) is 5.88 Å². The zero-order chi connectivity index (χ0) is 8.20. The van der Waals surface area contributed by atoms with Crippen LogP contribution in [0.4, 0.5) is 0 Å². The van der Waals surface area contributed by atoms with Gasteiger partial charge in [-0.1, -0.05) is 25.9 Å². The van der Waals surface area contributed by atoms with Gasteiger partial charge in [0, 0.05) is 10.8 Å². The molecule has 0 saturated heterocycles. The van der Waals surface area contributed by atoms with Crippen molar-refractivity contribution in [1.82, 2.24) is 0 Å². The molecule has 0 saturated carbocycles. The summed E-state index contributed by atoms with van der Waals surface area (Å²) in [5, 5.41) is 3.56. The van der Waals surface area contributed by atoms with Gasteiger partial charge in [0.25, 0.3) is 0 Å². The Kier molecular flexibility index (Phi) is 3.54.